The lowest BCUT2D eigenvalue weighted by Crippen LogP contribution is -2.31. The number of hydrogen-bond acceptors (Lipinski definition) is 5. The standard InChI is InChI=1S/C16H22N4O2S/c1-11-15(16(22-3)19(2)18-11)12-5-4-9-20(12)14(21)7-6-13-17-8-10-23-13/h8,10,12H,4-7,9H2,1-3H3/t12-/m0/s1. The van der Waals surface area contributed by atoms with Crippen molar-refractivity contribution in [3.63, 3.8) is 0 Å². The molecule has 1 atom stereocenters. The average molecular weight is 334 g/mol. The van der Waals surface area contributed by atoms with Crippen LogP contribution in [0.1, 0.15) is 41.6 Å². The Morgan fingerprint density at radius 2 is 2.35 bits per heavy atom. The van der Waals surface area contributed by atoms with Crippen molar-refractivity contribution in [2.75, 3.05) is 13.7 Å². The summed E-state index contributed by atoms with van der Waals surface area (Å²) in [6, 6.07) is 0.0717. The van der Waals surface area contributed by atoms with Crippen LogP contribution >= 0.6 is 11.3 Å². The number of rotatable bonds is 5. The van der Waals surface area contributed by atoms with Gasteiger partial charge in [0.2, 0.25) is 11.8 Å². The van der Waals surface area contributed by atoms with Crippen LogP contribution in [0.3, 0.4) is 0 Å². The number of carbonyl (C=O) groups excluding carboxylic acids is 1. The summed E-state index contributed by atoms with van der Waals surface area (Å²) in [6.07, 6.45) is 4.98. The normalized spacial score (nSPS) is 17.7. The van der Waals surface area contributed by atoms with E-state index in [1.807, 2.05) is 24.3 Å². The first-order chi connectivity index (χ1) is 11.1. The lowest BCUT2D eigenvalue weighted by Gasteiger charge is -2.25. The van der Waals surface area contributed by atoms with Gasteiger partial charge in [-0.05, 0) is 19.8 Å². The number of hydrogen-bond donors (Lipinski definition) is 0. The largest absolute Gasteiger partial charge is 0.481 e. The first-order valence-electron chi connectivity index (χ1n) is 7.87. The quantitative estimate of drug-likeness (QED) is 0.843. The van der Waals surface area contributed by atoms with E-state index in [1.54, 1.807) is 29.3 Å². The molecule has 124 valence electrons. The summed E-state index contributed by atoms with van der Waals surface area (Å²) in [5.41, 5.74) is 1.99. The maximum Gasteiger partial charge on any atom is 0.223 e. The number of likely N-dealkylation sites (tertiary alicyclic amines) is 1. The molecule has 0 N–H and O–H groups in total. The third-order valence-corrected chi connectivity index (χ3v) is 5.19. The van der Waals surface area contributed by atoms with Crippen LogP contribution in [0.15, 0.2) is 11.6 Å². The predicted octanol–water partition coefficient (Wildman–Crippen LogP) is 2.49. The van der Waals surface area contributed by atoms with Gasteiger partial charge in [0.15, 0.2) is 0 Å². The first kappa shape index (κ1) is 16.0. The molecule has 0 aromatic carbocycles. The fourth-order valence-corrected chi connectivity index (χ4v) is 4.00. The fourth-order valence-electron chi connectivity index (χ4n) is 3.38. The summed E-state index contributed by atoms with van der Waals surface area (Å²) in [5, 5.41) is 7.42. The van der Waals surface area contributed by atoms with Gasteiger partial charge in [-0.2, -0.15) is 5.10 Å². The Bertz CT molecular complexity index is 681. The lowest BCUT2D eigenvalue weighted by molar-refractivity contribution is -0.132. The van der Waals surface area contributed by atoms with Crippen LogP contribution in [0.4, 0.5) is 0 Å². The molecule has 2 aromatic rings. The van der Waals surface area contributed by atoms with Gasteiger partial charge >= 0.3 is 0 Å². The molecule has 6 nitrogen and oxygen atoms in total. The topological polar surface area (TPSA) is 60.2 Å². The highest BCUT2D eigenvalue weighted by molar-refractivity contribution is 7.09. The molecule has 0 aliphatic carbocycles. The smallest absolute Gasteiger partial charge is 0.223 e. The van der Waals surface area contributed by atoms with E-state index in [-0.39, 0.29) is 11.9 Å². The first-order valence-corrected chi connectivity index (χ1v) is 8.75. The molecule has 0 bridgehead atoms. The zero-order valence-corrected chi connectivity index (χ0v) is 14.6. The molecule has 0 unspecified atom stereocenters. The number of carbonyl (C=O) groups is 1. The van der Waals surface area contributed by atoms with Crippen LogP contribution in [-0.2, 0) is 18.3 Å². The Morgan fingerprint density at radius 3 is 3.04 bits per heavy atom. The Labute approximate surface area is 140 Å². The molecule has 3 heterocycles. The van der Waals surface area contributed by atoms with E-state index in [0.29, 0.717) is 12.8 Å². The van der Waals surface area contributed by atoms with E-state index in [2.05, 4.69) is 10.1 Å². The van der Waals surface area contributed by atoms with Gasteiger partial charge in [0.1, 0.15) is 0 Å². The maximum absolute atomic E-state index is 12.7. The Hall–Kier alpha value is -1.89. The van der Waals surface area contributed by atoms with Gasteiger partial charge < -0.3 is 9.64 Å². The minimum Gasteiger partial charge on any atom is -0.481 e. The highest BCUT2D eigenvalue weighted by Crippen LogP contribution is 2.39. The van der Waals surface area contributed by atoms with E-state index >= 15 is 0 Å². The predicted molar refractivity (Wildman–Crippen MR) is 88.6 cm³/mol. The van der Waals surface area contributed by atoms with Crippen molar-refractivity contribution in [1.82, 2.24) is 19.7 Å². The van der Waals surface area contributed by atoms with Gasteiger partial charge in [0.05, 0.1) is 29.4 Å². The Morgan fingerprint density at radius 1 is 1.52 bits per heavy atom. The molecular weight excluding hydrogens is 312 g/mol. The number of methoxy groups -OCH3 is 1. The molecule has 0 radical (unpaired) electrons. The average Bonchev–Trinajstić information content (AvgIpc) is 3.24. The van der Waals surface area contributed by atoms with Crippen LogP contribution in [0, 0.1) is 6.92 Å². The van der Waals surface area contributed by atoms with Crippen molar-refractivity contribution < 1.29 is 9.53 Å². The van der Waals surface area contributed by atoms with E-state index in [0.717, 1.165) is 41.5 Å². The highest BCUT2D eigenvalue weighted by Gasteiger charge is 2.34. The molecule has 0 saturated carbocycles. The molecule has 2 aromatic heterocycles. The van der Waals surface area contributed by atoms with Crippen molar-refractivity contribution in [3.8, 4) is 5.88 Å². The number of amides is 1. The molecule has 7 heteroatoms. The Kier molecular flexibility index (Phi) is 4.66. The molecule has 23 heavy (non-hydrogen) atoms. The molecule has 1 aliphatic heterocycles. The van der Waals surface area contributed by atoms with Gasteiger partial charge in [-0.25, -0.2) is 9.67 Å². The molecular formula is C16H22N4O2S. The van der Waals surface area contributed by atoms with Gasteiger partial charge in [-0.15, -0.1) is 11.3 Å². The van der Waals surface area contributed by atoms with Crippen LogP contribution < -0.4 is 4.74 Å². The summed E-state index contributed by atoms with van der Waals surface area (Å²) >= 11 is 1.60. The van der Waals surface area contributed by atoms with Gasteiger partial charge in [0.25, 0.3) is 0 Å². The third kappa shape index (κ3) is 3.10. The zero-order valence-electron chi connectivity index (χ0n) is 13.8. The van der Waals surface area contributed by atoms with Gasteiger partial charge in [-0.1, -0.05) is 0 Å². The second kappa shape index (κ2) is 6.70. The SMILES string of the molecule is COc1c([C@@H]2CCCN2C(=O)CCc2nccs2)c(C)nn1C. The minimum absolute atomic E-state index is 0.0717. The summed E-state index contributed by atoms with van der Waals surface area (Å²) in [7, 11) is 3.53. The molecule has 3 rings (SSSR count). The molecule has 1 fully saturated rings. The molecule has 1 aliphatic rings. The zero-order chi connectivity index (χ0) is 16.4. The second-order valence-corrected chi connectivity index (χ2v) is 6.78. The highest BCUT2D eigenvalue weighted by atomic mass is 32.1. The Balaban J connectivity index is 1.76. The van der Waals surface area contributed by atoms with Crippen molar-refractivity contribution in [3.05, 3.63) is 27.8 Å². The van der Waals surface area contributed by atoms with Gasteiger partial charge in [0, 0.05) is 38.0 Å². The van der Waals surface area contributed by atoms with Crippen molar-refractivity contribution in [2.24, 2.45) is 7.05 Å². The van der Waals surface area contributed by atoms with Crippen LogP contribution in [0.5, 0.6) is 5.88 Å². The molecule has 0 spiro atoms. The second-order valence-electron chi connectivity index (χ2n) is 5.80. The monoisotopic (exact) mass is 334 g/mol. The third-order valence-electron chi connectivity index (χ3n) is 4.35. The number of thiazole rings is 1. The van der Waals surface area contributed by atoms with Crippen LogP contribution in [0.2, 0.25) is 0 Å². The summed E-state index contributed by atoms with van der Waals surface area (Å²) in [6.45, 7) is 2.78. The number of aryl methyl sites for hydroxylation is 3. The minimum atomic E-state index is 0.0717. The number of nitrogens with zero attached hydrogens (tertiary/aromatic N) is 4. The van der Waals surface area contributed by atoms with E-state index in [4.69, 9.17) is 4.74 Å². The molecule has 1 saturated heterocycles. The maximum atomic E-state index is 12.7. The van der Waals surface area contributed by atoms with E-state index < -0.39 is 0 Å². The van der Waals surface area contributed by atoms with Crippen LogP contribution in [-0.4, -0.2) is 39.2 Å². The summed E-state index contributed by atoms with van der Waals surface area (Å²) in [4.78, 5) is 18.9. The van der Waals surface area contributed by atoms with Crippen molar-refractivity contribution in [1.29, 1.82) is 0 Å². The van der Waals surface area contributed by atoms with Crippen molar-refractivity contribution in [2.45, 2.75) is 38.6 Å². The summed E-state index contributed by atoms with van der Waals surface area (Å²) < 4.78 is 7.26. The number of aromatic nitrogens is 3. The van der Waals surface area contributed by atoms with Gasteiger partial charge in [-0.3, -0.25) is 4.79 Å². The van der Waals surface area contributed by atoms with Crippen molar-refractivity contribution >= 4 is 17.2 Å². The fraction of sp³-hybridized carbons (Fsp3) is 0.562. The lowest BCUT2D eigenvalue weighted by atomic mass is 10.0. The molecule has 1 amide bonds. The van der Waals surface area contributed by atoms with Crippen LogP contribution in [0.25, 0.3) is 0 Å². The van der Waals surface area contributed by atoms with E-state index in [9.17, 15) is 4.79 Å². The number of ether oxygens (including phenoxy) is 1. The summed E-state index contributed by atoms with van der Waals surface area (Å²) in [5.74, 6) is 0.945. The van der Waals surface area contributed by atoms with E-state index in [1.165, 1.54) is 0 Å².